The van der Waals surface area contributed by atoms with E-state index in [1.807, 2.05) is 0 Å². The molecule has 0 radical (unpaired) electrons. The second-order valence-corrected chi connectivity index (χ2v) is 5.80. The molecule has 1 heterocycles. The number of halogens is 1. The fourth-order valence-electron chi connectivity index (χ4n) is 2.57. The first-order valence-corrected chi connectivity index (χ1v) is 7.44. The second kappa shape index (κ2) is 7.52. The van der Waals surface area contributed by atoms with Gasteiger partial charge >= 0.3 is 5.97 Å². The second-order valence-electron chi connectivity index (χ2n) is 5.80. The number of hydrogen-bond acceptors (Lipinski definition) is 4. The van der Waals surface area contributed by atoms with E-state index < -0.39 is 11.8 Å². The van der Waals surface area contributed by atoms with Crippen LogP contribution in [0.3, 0.4) is 0 Å². The fraction of sp³-hybridized carbons (Fsp3) is 0.500. The van der Waals surface area contributed by atoms with Crippen molar-refractivity contribution < 1.29 is 23.8 Å². The summed E-state index contributed by atoms with van der Waals surface area (Å²) in [5.41, 5.74) is 0.810. The van der Waals surface area contributed by atoms with Crippen molar-refractivity contribution in [3.63, 3.8) is 0 Å². The highest BCUT2D eigenvalue weighted by atomic mass is 19.1. The van der Waals surface area contributed by atoms with Crippen molar-refractivity contribution in [2.75, 3.05) is 39.8 Å². The van der Waals surface area contributed by atoms with E-state index in [9.17, 15) is 14.0 Å². The topological polar surface area (TPSA) is 70.1 Å². The highest BCUT2D eigenvalue weighted by Gasteiger charge is 2.26. The summed E-state index contributed by atoms with van der Waals surface area (Å²) in [5, 5.41) is 8.77. The molecule has 0 bridgehead atoms. The van der Waals surface area contributed by atoms with Gasteiger partial charge in [0, 0.05) is 25.2 Å². The summed E-state index contributed by atoms with van der Waals surface area (Å²) in [6.45, 7) is 3.15. The van der Waals surface area contributed by atoms with Gasteiger partial charge in [-0.3, -0.25) is 14.5 Å². The molecular formula is C16H21FN2O4. The molecule has 1 amide bonds. The van der Waals surface area contributed by atoms with Gasteiger partial charge in [0.25, 0.3) is 5.91 Å². The van der Waals surface area contributed by atoms with E-state index in [0.29, 0.717) is 37.4 Å². The van der Waals surface area contributed by atoms with Gasteiger partial charge in [-0.2, -0.15) is 0 Å². The molecule has 1 fully saturated rings. The van der Waals surface area contributed by atoms with Crippen LogP contribution in [-0.2, 0) is 9.53 Å². The summed E-state index contributed by atoms with van der Waals surface area (Å²) in [6, 6.07) is 4.45. The van der Waals surface area contributed by atoms with E-state index in [-0.39, 0.29) is 18.6 Å². The maximum absolute atomic E-state index is 13.6. The number of morpholine rings is 1. The molecule has 23 heavy (non-hydrogen) atoms. The lowest BCUT2D eigenvalue weighted by atomic mass is 10.1. The van der Waals surface area contributed by atoms with Crippen LogP contribution in [0.4, 0.5) is 4.39 Å². The first-order chi connectivity index (χ1) is 10.9. The number of nitrogens with zero attached hydrogens (tertiary/aromatic N) is 2. The summed E-state index contributed by atoms with van der Waals surface area (Å²) in [4.78, 5) is 26.4. The van der Waals surface area contributed by atoms with Crippen molar-refractivity contribution in [2.24, 2.45) is 0 Å². The Morgan fingerprint density at radius 1 is 1.48 bits per heavy atom. The Balaban J connectivity index is 1.98. The third kappa shape index (κ3) is 4.74. The first-order valence-electron chi connectivity index (χ1n) is 7.44. The Labute approximate surface area is 134 Å². The van der Waals surface area contributed by atoms with Crippen molar-refractivity contribution >= 4 is 11.9 Å². The molecule has 6 nitrogen and oxygen atoms in total. The standard InChI is InChI=1S/C16H21FN2O4/c1-11-3-4-12(7-14(11)17)16(22)19-5-6-23-13(9-19)8-18(2)10-15(20)21/h3-4,7,13H,5-6,8-10H2,1-2H3,(H,20,21). The zero-order chi connectivity index (χ0) is 17.0. The van der Waals surface area contributed by atoms with Gasteiger partial charge in [-0.25, -0.2) is 4.39 Å². The molecule has 1 atom stereocenters. The lowest BCUT2D eigenvalue weighted by Gasteiger charge is -2.34. The third-order valence-electron chi connectivity index (χ3n) is 3.77. The molecule has 1 saturated heterocycles. The Morgan fingerprint density at radius 2 is 2.22 bits per heavy atom. The first kappa shape index (κ1) is 17.4. The number of likely N-dealkylation sites (N-methyl/N-ethyl adjacent to an activating group) is 1. The maximum Gasteiger partial charge on any atom is 0.317 e. The van der Waals surface area contributed by atoms with Crippen LogP contribution in [0.25, 0.3) is 0 Å². The zero-order valence-electron chi connectivity index (χ0n) is 13.3. The van der Waals surface area contributed by atoms with Crippen LogP contribution in [0.2, 0.25) is 0 Å². The largest absolute Gasteiger partial charge is 0.480 e. The van der Waals surface area contributed by atoms with Gasteiger partial charge in [-0.1, -0.05) is 6.07 Å². The van der Waals surface area contributed by atoms with E-state index in [0.717, 1.165) is 0 Å². The minimum atomic E-state index is -0.911. The summed E-state index contributed by atoms with van der Waals surface area (Å²) in [7, 11) is 1.69. The van der Waals surface area contributed by atoms with Gasteiger partial charge in [0.05, 0.1) is 19.3 Å². The Bertz CT molecular complexity index is 593. The van der Waals surface area contributed by atoms with Crippen LogP contribution in [-0.4, -0.2) is 72.7 Å². The predicted octanol–water partition coefficient (Wildman–Crippen LogP) is 0.992. The van der Waals surface area contributed by atoms with Gasteiger partial charge in [0.15, 0.2) is 0 Å². The van der Waals surface area contributed by atoms with Crippen LogP contribution in [0.15, 0.2) is 18.2 Å². The average molecular weight is 324 g/mol. The summed E-state index contributed by atoms with van der Waals surface area (Å²) >= 11 is 0. The van der Waals surface area contributed by atoms with Crippen molar-refractivity contribution in [3.8, 4) is 0 Å². The average Bonchev–Trinajstić information content (AvgIpc) is 2.48. The third-order valence-corrected chi connectivity index (χ3v) is 3.77. The van der Waals surface area contributed by atoms with E-state index in [4.69, 9.17) is 9.84 Å². The predicted molar refractivity (Wildman–Crippen MR) is 81.9 cm³/mol. The number of aryl methyl sites for hydroxylation is 1. The lowest BCUT2D eigenvalue weighted by molar-refractivity contribution is -0.138. The number of aliphatic carboxylic acids is 1. The van der Waals surface area contributed by atoms with E-state index in [2.05, 4.69) is 0 Å². The number of amides is 1. The van der Waals surface area contributed by atoms with Crippen molar-refractivity contribution in [1.82, 2.24) is 9.80 Å². The summed E-state index contributed by atoms with van der Waals surface area (Å²) in [5.74, 6) is -1.55. The molecule has 1 aliphatic rings. The van der Waals surface area contributed by atoms with E-state index in [1.54, 1.807) is 35.9 Å². The molecule has 7 heteroatoms. The quantitative estimate of drug-likeness (QED) is 0.875. The van der Waals surface area contributed by atoms with Gasteiger partial charge in [-0.05, 0) is 31.7 Å². The van der Waals surface area contributed by atoms with Crippen LogP contribution in [0.5, 0.6) is 0 Å². The molecule has 1 aromatic rings. The monoisotopic (exact) mass is 324 g/mol. The van der Waals surface area contributed by atoms with Gasteiger partial charge in [0.2, 0.25) is 0 Å². The van der Waals surface area contributed by atoms with Crippen LogP contribution >= 0.6 is 0 Å². The summed E-state index contributed by atoms with van der Waals surface area (Å²) < 4.78 is 19.2. The van der Waals surface area contributed by atoms with Gasteiger partial charge in [0.1, 0.15) is 5.82 Å². The van der Waals surface area contributed by atoms with Gasteiger partial charge in [-0.15, -0.1) is 0 Å². The molecule has 126 valence electrons. The fourth-order valence-corrected chi connectivity index (χ4v) is 2.57. The number of carbonyl (C=O) groups excluding carboxylic acids is 1. The van der Waals surface area contributed by atoms with Crippen molar-refractivity contribution in [2.45, 2.75) is 13.0 Å². The molecular weight excluding hydrogens is 303 g/mol. The van der Waals surface area contributed by atoms with E-state index in [1.165, 1.54) is 6.07 Å². The minimum absolute atomic E-state index is 0.0863. The summed E-state index contributed by atoms with van der Waals surface area (Å²) in [6.07, 6.45) is -0.257. The minimum Gasteiger partial charge on any atom is -0.480 e. The van der Waals surface area contributed by atoms with Crippen LogP contribution < -0.4 is 0 Å². The van der Waals surface area contributed by atoms with Crippen LogP contribution in [0.1, 0.15) is 15.9 Å². The number of ether oxygens (including phenoxy) is 1. The molecule has 1 aliphatic heterocycles. The van der Waals surface area contributed by atoms with Gasteiger partial charge < -0.3 is 14.7 Å². The lowest BCUT2D eigenvalue weighted by Crippen LogP contribution is -2.49. The van der Waals surface area contributed by atoms with Crippen LogP contribution in [0, 0.1) is 12.7 Å². The van der Waals surface area contributed by atoms with E-state index >= 15 is 0 Å². The van der Waals surface area contributed by atoms with Crippen molar-refractivity contribution in [3.05, 3.63) is 35.1 Å². The molecule has 1 aromatic carbocycles. The normalized spacial score (nSPS) is 18.3. The zero-order valence-corrected chi connectivity index (χ0v) is 13.3. The maximum atomic E-state index is 13.6. The molecule has 0 spiro atoms. The number of carboxylic acid groups (broad SMARTS) is 1. The Kier molecular flexibility index (Phi) is 5.68. The smallest absolute Gasteiger partial charge is 0.317 e. The Hall–Kier alpha value is -1.99. The Morgan fingerprint density at radius 3 is 2.87 bits per heavy atom. The SMILES string of the molecule is Cc1ccc(C(=O)N2CCOC(CN(C)CC(=O)O)C2)cc1F. The molecule has 2 rings (SSSR count). The molecule has 0 aromatic heterocycles. The number of hydrogen-bond donors (Lipinski definition) is 1. The molecule has 0 saturated carbocycles. The number of benzene rings is 1. The highest BCUT2D eigenvalue weighted by Crippen LogP contribution is 2.14. The highest BCUT2D eigenvalue weighted by molar-refractivity contribution is 5.94. The number of carboxylic acids is 1. The number of carbonyl (C=O) groups is 2. The van der Waals surface area contributed by atoms with Crippen molar-refractivity contribution in [1.29, 1.82) is 0 Å². The number of rotatable bonds is 5. The molecule has 1 unspecified atom stereocenters. The molecule has 1 N–H and O–H groups in total. The molecule has 0 aliphatic carbocycles.